The summed E-state index contributed by atoms with van der Waals surface area (Å²) in [5, 5.41) is 10.8. The lowest BCUT2D eigenvalue weighted by Crippen LogP contribution is -2.98. The summed E-state index contributed by atoms with van der Waals surface area (Å²) in [6, 6.07) is 6.63. The molecule has 1 unspecified atom stereocenters. The van der Waals surface area contributed by atoms with Crippen molar-refractivity contribution in [1.82, 2.24) is 0 Å². The van der Waals surface area contributed by atoms with Gasteiger partial charge in [0.25, 0.3) is 0 Å². The molecule has 3 heteroatoms. The maximum absolute atomic E-state index is 10.8. The lowest BCUT2D eigenvalue weighted by atomic mass is 10.2. The first-order valence-corrected chi connectivity index (χ1v) is 3.30. The monoisotopic (exact) mass is 151 g/mol. The zero-order valence-corrected chi connectivity index (χ0v) is 6.20. The van der Waals surface area contributed by atoms with Crippen molar-refractivity contribution in [1.29, 1.82) is 0 Å². The van der Waals surface area contributed by atoms with Crippen molar-refractivity contribution in [3.05, 3.63) is 35.0 Å². The van der Waals surface area contributed by atoms with Crippen LogP contribution >= 0.6 is 0 Å². The lowest BCUT2D eigenvalue weighted by Gasteiger charge is -2.14. The van der Waals surface area contributed by atoms with Crippen LogP contribution in [0.5, 0.6) is 0 Å². The highest BCUT2D eigenvalue weighted by molar-refractivity contribution is 5.75. The van der Waals surface area contributed by atoms with Gasteiger partial charge in [-0.25, -0.2) is 0 Å². The molecule has 0 aliphatic rings. The van der Waals surface area contributed by atoms with Gasteiger partial charge < -0.3 is 10.3 Å². The molecular formula is C8H9NO2. The van der Waals surface area contributed by atoms with Gasteiger partial charge in [-0.2, -0.15) is 0 Å². The Hall–Kier alpha value is -1.19. The number of rotatable bonds is 2. The number of quaternary nitrogens is 1. The Kier molecular flexibility index (Phi) is 2.36. The second-order valence-electron chi connectivity index (χ2n) is 2.30. The van der Waals surface area contributed by atoms with Crippen LogP contribution in [0.3, 0.4) is 0 Å². The van der Waals surface area contributed by atoms with Crippen LogP contribution in [0.15, 0.2) is 24.3 Å². The van der Waals surface area contributed by atoms with Gasteiger partial charge >= 0.3 is 0 Å². The Morgan fingerprint density at radius 3 is 2.82 bits per heavy atom. The molecule has 0 aromatic heterocycles. The zero-order chi connectivity index (χ0) is 8.27. The molecule has 0 heterocycles. The summed E-state index contributed by atoms with van der Waals surface area (Å²) in [6.07, 6.45) is 0.729. The normalized spacial score (nSPS) is 12.5. The number of aldehydes is 1. The SMILES string of the molecule is C[NH+]([O-])c1cccc(C=O)c1. The van der Waals surface area contributed by atoms with E-state index in [1.807, 2.05) is 0 Å². The standard InChI is InChI=1S/C8H9NO2/c1-9(11)8-4-2-3-7(5-8)6-10/h2-6,9H,1H3. The van der Waals surface area contributed by atoms with E-state index in [1.165, 1.54) is 7.05 Å². The second-order valence-corrected chi connectivity index (χ2v) is 2.30. The minimum absolute atomic E-state index is 0.0197. The summed E-state index contributed by atoms with van der Waals surface area (Å²) >= 11 is 0. The van der Waals surface area contributed by atoms with Gasteiger partial charge in [0.2, 0.25) is 0 Å². The molecule has 0 bridgehead atoms. The van der Waals surface area contributed by atoms with Gasteiger partial charge in [-0.3, -0.25) is 4.79 Å². The van der Waals surface area contributed by atoms with E-state index in [9.17, 15) is 10.0 Å². The van der Waals surface area contributed by atoms with E-state index < -0.39 is 0 Å². The fourth-order valence-corrected chi connectivity index (χ4v) is 0.831. The van der Waals surface area contributed by atoms with Crippen LogP contribution in [0.2, 0.25) is 0 Å². The summed E-state index contributed by atoms with van der Waals surface area (Å²) in [5.74, 6) is 0. The van der Waals surface area contributed by atoms with Crippen molar-refractivity contribution in [3.63, 3.8) is 0 Å². The number of nitrogens with one attached hydrogen (secondary N) is 1. The third-order valence-electron chi connectivity index (χ3n) is 1.43. The number of carbonyl (C=O) groups is 1. The third-order valence-corrected chi connectivity index (χ3v) is 1.43. The average Bonchev–Trinajstić information content (AvgIpc) is 2.05. The molecular weight excluding hydrogens is 142 g/mol. The van der Waals surface area contributed by atoms with E-state index in [4.69, 9.17) is 0 Å². The van der Waals surface area contributed by atoms with Crippen molar-refractivity contribution in [2.75, 3.05) is 7.05 Å². The highest BCUT2D eigenvalue weighted by Gasteiger charge is 1.96. The van der Waals surface area contributed by atoms with Crippen LogP contribution in [0, 0.1) is 5.21 Å². The summed E-state index contributed by atoms with van der Waals surface area (Å²) < 4.78 is 0. The van der Waals surface area contributed by atoms with Gasteiger partial charge in [-0.1, -0.05) is 12.1 Å². The number of hydroxylamine groups is 1. The molecule has 1 rings (SSSR count). The summed E-state index contributed by atoms with van der Waals surface area (Å²) in [6.45, 7) is 0. The van der Waals surface area contributed by atoms with Crippen LogP contribution in [0.25, 0.3) is 0 Å². The number of hydrogen-bond acceptors (Lipinski definition) is 2. The Bertz CT molecular complexity index is 258. The fourth-order valence-electron chi connectivity index (χ4n) is 0.831. The second kappa shape index (κ2) is 3.27. The van der Waals surface area contributed by atoms with Crippen LogP contribution in [-0.2, 0) is 0 Å². The van der Waals surface area contributed by atoms with E-state index >= 15 is 0 Å². The van der Waals surface area contributed by atoms with Gasteiger partial charge in [-0.05, 0) is 6.07 Å². The minimum atomic E-state index is -0.0197. The first-order valence-electron chi connectivity index (χ1n) is 3.30. The molecule has 0 aliphatic heterocycles. The number of carbonyl (C=O) groups excluding carboxylic acids is 1. The maximum atomic E-state index is 10.8. The topological polar surface area (TPSA) is 44.6 Å². The highest BCUT2D eigenvalue weighted by Crippen LogP contribution is 2.02. The zero-order valence-electron chi connectivity index (χ0n) is 6.20. The van der Waals surface area contributed by atoms with E-state index in [-0.39, 0.29) is 5.06 Å². The molecule has 1 aromatic rings. The quantitative estimate of drug-likeness (QED) is 0.482. The third kappa shape index (κ3) is 1.86. The molecule has 1 N–H and O–H groups in total. The van der Waals surface area contributed by atoms with Gasteiger partial charge in [0.15, 0.2) is 0 Å². The number of hydrogen-bond donors (Lipinski definition) is 1. The van der Waals surface area contributed by atoms with E-state index in [0.717, 1.165) is 6.29 Å². The molecule has 0 amide bonds. The predicted molar refractivity (Wildman–Crippen MR) is 41.7 cm³/mol. The highest BCUT2D eigenvalue weighted by atomic mass is 16.5. The van der Waals surface area contributed by atoms with Crippen molar-refractivity contribution in [2.24, 2.45) is 0 Å². The Balaban J connectivity index is 3.00. The van der Waals surface area contributed by atoms with Crippen molar-refractivity contribution in [3.8, 4) is 0 Å². The first-order chi connectivity index (χ1) is 5.24. The van der Waals surface area contributed by atoms with E-state index in [0.29, 0.717) is 11.3 Å². The van der Waals surface area contributed by atoms with Gasteiger partial charge in [0.05, 0.1) is 7.05 Å². The molecule has 0 saturated carbocycles. The fraction of sp³-hybridized carbons (Fsp3) is 0.125. The lowest BCUT2D eigenvalue weighted by molar-refractivity contribution is -0.751. The molecule has 11 heavy (non-hydrogen) atoms. The molecule has 0 spiro atoms. The molecule has 0 fully saturated rings. The maximum Gasteiger partial charge on any atom is 0.150 e. The smallest absolute Gasteiger partial charge is 0.150 e. The van der Waals surface area contributed by atoms with Crippen molar-refractivity contribution >= 4 is 12.0 Å². The first kappa shape index (κ1) is 7.91. The molecule has 0 aliphatic carbocycles. The van der Waals surface area contributed by atoms with Crippen LogP contribution in [0.4, 0.5) is 5.69 Å². The van der Waals surface area contributed by atoms with Crippen LogP contribution in [-0.4, -0.2) is 13.3 Å². The largest absolute Gasteiger partial charge is 0.629 e. The van der Waals surface area contributed by atoms with E-state index in [1.54, 1.807) is 24.3 Å². The summed E-state index contributed by atoms with van der Waals surface area (Å²) in [7, 11) is 1.48. The van der Waals surface area contributed by atoms with Gasteiger partial charge in [-0.15, -0.1) is 0 Å². The predicted octanol–water partition coefficient (Wildman–Crippen LogP) is 0.143. The Morgan fingerprint density at radius 1 is 1.55 bits per heavy atom. The molecule has 3 nitrogen and oxygen atoms in total. The summed E-state index contributed by atoms with van der Waals surface area (Å²) in [4.78, 5) is 10.3. The number of benzene rings is 1. The Labute approximate surface area is 64.8 Å². The molecule has 0 saturated heterocycles. The van der Waals surface area contributed by atoms with Crippen molar-refractivity contribution in [2.45, 2.75) is 0 Å². The minimum Gasteiger partial charge on any atom is -0.629 e. The molecule has 58 valence electrons. The molecule has 0 radical (unpaired) electrons. The van der Waals surface area contributed by atoms with Crippen molar-refractivity contribution < 1.29 is 9.86 Å². The Morgan fingerprint density at radius 2 is 2.27 bits per heavy atom. The molecule has 1 aromatic carbocycles. The summed E-state index contributed by atoms with van der Waals surface area (Å²) in [5.41, 5.74) is 1.12. The average molecular weight is 151 g/mol. The van der Waals surface area contributed by atoms with Crippen LogP contribution < -0.4 is 5.06 Å². The van der Waals surface area contributed by atoms with Crippen LogP contribution in [0.1, 0.15) is 10.4 Å². The van der Waals surface area contributed by atoms with E-state index in [2.05, 4.69) is 0 Å². The molecule has 1 atom stereocenters. The van der Waals surface area contributed by atoms with Gasteiger partial charge in [0.1, 0.15) is 12.0 Å². The van der Waals surface area contributed by atoms with Gasteiger partial charge in [0, 0.05) is 11.6 Å².